The van der Waals surface area contributed by atoms with E-state index in [2.05, 4.69) is 0 Å². The van der Waals surface area contributed by atoms with Crippen molar-refractivity contribution in [1.29, 1.82) is 0 Å². The summed E-state index contributed by atoms with van der Waals surface area (Å²) in [7, 11) is 0. The van der Waals surface area contributed by atoms with E-state index in [0.29, 0.717) is 54.3 Å². The van der Waals surface area contributed by atoms with Gasteiger partial charge in [0.1, 0.15) is 11.5 Å². The third kappa shape index (κ3) is 5.59. The highest BCUT2D eigenvalue weighted by molar-refractivity contribution is 7.99. The Bertz CT molecular complexity index is 841. The zero-order valence-corrected chi connectivity index (χ0v) is 18.8. The number of nitrogens with zero attached hydrogens (tertiary/aromatic N) is 2. The maximum atomic E-state index is 12.7. The van der Waals surface area contributed by atoms with Crippen LogP contribution < -0.4 is 0 Å². The van der Waals surface area contributed by atoms with Crippen LogP contribution in [0.15, 0.2) is 33.9 Å². The topological polar surface area (TPSA) is 66.6 Å². The highest BCUT2D eigenvalue weighted by Gasteiger charge is 2.24. The molecule has 2 heterocycles. The molecule has 162 valence electrons. The van der Waals surface area contributed by atoms with E-state index in [-0.39, 0.29) is 12.0 Å². The van der Waals surface area contributed by atoms with Crippen LogP contribution in [0, 0.1) is 0 Å². The number of hydrogen-bond acceptors (Lipinski definition) is 5. The van der Waals surface area contributed by atoms with Crippen LogP contribution >= 0.6 is 23.4 Å². The Morgan fingerprint density at radius 2 is 1.83 bits per heavy atom. The van der Waals surface area contributed by atoms with Crippen LogP contribution in [0.1, 0.15) is 57.1 Å². The lowest BCUT2D eigenvalue weighted by atomic mass is 10.0. The summed E-state index contributed by atoms with van der Waals surface area (Å²) in [6.45, 7) is 1.26. The van der Waals surface area contributed by atoms with Gasteiger partial charge in [-0.15, -0.1) is 0 Å². The molecule has 0 spiro atoms. The highest BCUT2D eigenvalue weighted by Crippen LogP contribution is 2.36. The molecule has 0 unspecified atom stereocenters. The van der Waals surface area contributed by atoms with Crippen LogP contribution in [0.2, 0.25) is 5.02 Å². The van der Waals surface area contributed by atoms with Gasteiger partial charge in [0, 0.05) is 41.8 Å². The van der Waals surface area contributed by atoms with Crippen LogP contribution in [-0.4, -0.2) is 45.3 Å². The molecule has 0 atom stereocenters. The first-order valence-corrected chi connectivity index (χ1v) is 12.2. The van der Waals surface area contributed by atoms with Crippen molar-refractivity contribution in [2.45, 2.75) is 74.4 Å². The Hall–Kier alpha value is -1.50. The monoisotopic (exact) mass is 448 g/mol. The minimum absolute atomic E-state index is 0.113. The number of thioether (sulfide) groups is 1. The number of hydrogen-bond donors (Lipinski definition) is 1. The van der Waals surface area contributed by atoms with E-state index >= 15 is 0 Å². The summed E-state index contributed by atoms with van der Waals surface area (Å²) in [6, 6.07) is 7.61. The fourth-order valence-electron chi connectivity index (χ4n) is 4.20. The van der Waals surface area contributed by atoms with Crippen LogP contribution in [-0.2, 0) is 11.2 Å². The maximum Gasteiger partial charge on any atom is 0.256 e. The van der Waals surface area contributed by atoms with Gasteiger partial charge >= 0.3 is 0 Å². The Balaban J connectivity index is 1.47. The molecular weight excluding hydrogens is 420 g/mol. The molecule has 7 heteroatoms. The standard InChI is InChI=1S/C23H29ClN2O3S/c24-17-8-6-16(7-9-17)22-20(10-11-21(28)26-14-12-18(27)13-15-26)29-23(25-22)30-19-4-2-1-3-5-19/h6-9,18-19,27H,1-5,10-15H2. The summed E-state index contributed by atoms with van der Waals surface area (Å²) in [5.74, 6) is 0.878. The molecule has 1 saturated carbocycles. The summed E-state index contributed by atoms with van der Waals surface area (Å²) in [4.78, 5) is 19.3. The average molecular weight is 449 g/mol. The fourth-order valence-corrected chi connectivity index (χ4v) is 5.48. The lowest BCUT2D eigenvalue weighted by Gasteiger charge is -2.29. The summed E-state index contributed by atoms with van der Waals surface area (Å²) < 4.78 is 6.17. The van der Waals surface area contributed by atoms with Crippen molar-refractivity contribution in [3.8, 4) is 11.3 Å². The lowest BCUT2D eigenvalue weighted by molar-refractivity contribution is -0.133. The molecule has 2 aliphatic rings. The Labute approximate surface area is 187 Å². The van der Waals surface area contributed by atoms with Crippen LogP contribution in [0.4, 0.5) is 0 Å². The number of carbonyl (C=O) groups is 1. The molecule has 1 aromatic heterocycles. The number of aryl methyl sites for hydroxylation is 1. The molecule has 1 amide bonds. The fraction of sp³-hybridized carbons (Fsp3) is 0.565. The van der Waals surface area contributed by atoms with Gasteiger partial charge in [-0.05, 0) is 37.8 Å². The number of amides is 1. The predicted octanol–water partition coefficient (Wildman–Crippen LogP) is 5.34. The quantitative estimate of drug-likeness (QED) is 0.646. The smallest absolute Gasteiger partial charge is 0.256 e. The van der Waals surface area contributed by atoms with Gasteiger partial charge in [0.25, 0.3) is 5.22 Å². The summed E-state index contributed by atoms with van der Waals surface area (Å²) >= 11 is 7.79. The zero-order valence-electron chi connectivity index (χ0n) is 17.2. The van der Waals surface area contributed by atoms with Gasteiger partial charge in [0.15, 0.2) is 0 Å². The van der Waals surface area contributed by atoms with Crippen LogP contribution in [0.3, 0.4) is 0 Å². The summed E-state index contributed by atoms with van der Waals surface area (Å²) in [5, 5.41) is 11.6. The molecule has 0 bridgehead atoms. The molecule has 1 aliphatic carbocycles. The Morgan fingerprint density at radius 1 is 1.13 bits per heavy atom. The van der Waals surface area contributed by atoms with Crippen molar-refractivity contribution in [2.24, 2.45) is 0 Å². The lowest BCUT2D eigenvalue weighted by Crippen LogP contribution is -2.40. The zero-order chi connectivity index (χ0) is 20.9. The second-order valence-corrected chi connectivity index (χ2v) is 9.94. The molecular formula is C23H29ClN2O3S. The van der Waals surface area contributed by atoms with Crippen molar-refractivity contribution in [1.82, 2.24) is 9.88 Å². The molecule has 2 aromatic rings. The molecule has 2 fully saturated rings. The van der Waals surface area contributed by atoms with Crippen LogP contribution in [0.25, 0.3) is 11.3 Å². The Morgan fingerprint density at radius 3 is 2.53 bits per heavy atom. The largest absolute Gasteiger partial charge is 0.436 e. The number of aromatic nitrogens is 1. The number of aliphatic hydroxyl groups excluding tert-OH is 1. The van der Waals surface area contributed by atoms with Gasteiger partial charge in [-0.3, -0.25) is 4.79 Å². The molecule has 1 aromatic carbocycles. The second kappa shape index (κ2) is 10.2. The van der Waals surface area contributed by atoms with Crippen molar-refractivity contribution in [3.05, 3.63) is 35.0 Å². The van der Waals surface area contributed by atoms with Gasteiger partial charge < -0.3 is 14.4 Å². The van der Waals surface area contributed by atoms with E-state index < -0.39 is 0 Å². The molecule has 1 saturated heterocycles. The molecule has 0 radical (unpaired) electrons. The summed E-state index contributed by atoms with van der Waals surface area (Å²) in [6.07, 6.45) is 8.23. The predicted molar refractivity (Wildman–Crippen MR) is 120 cm³/mol. The number of oxazole rings is 1. The number of likely N-dealkylation sites (tertiary alicyclic amines) is 1. The van der Waals surface area contributed by atoms with E-state index in [9.17, 15) is 9.90 Å². The van der Waals surface area contributed by atoms with E-state index in [0.717, 1.165) is 17.0 Å². The van der Waals surface area contributed by atoms with Crippen LogP contribution in [0.5, 0.6) is 0 Å². The molecule has 1 aliphatic heterocycles. The maximum absolute atomic E-state index is 12.7. The number of rotatable bonds is 6. The number of piperidine rings is 1. The molecule has 4 rings (SSSR count). The number of aliphatic hydroxyl groups is 1. The van der Waals surface area contributed by atoms with E-state index in [1.165, 1.54) is 32.1 Å². The van der Waals surface area contributed by atoms with Crippen molar-refractivity contribution >= 4 is 29.3 Å². The minimum atomic E-state index is -0.279. The SMILES string of the molecule is O=C(CCc1oc(SC2CCCCC2)nc1-c1ccc(Cl)cc1)N1CCC(O)CC1. The van der Waals surface area contributed by atoms with Gasteiger partial charge in [0.05, 0.1) is 6.10 Å². The number of benzene rings is 1. The number of carbonyl (C=O) groups excluding carboxylic acids is 1. The van der Waals surface area contributed by atoms with Gasteiger partial charge in [0.2, 0.25) is 5.91 Å². The summed E-state index contributed by atoms with van der Waals surface area (Å²) in [5.41, 5.74) is 1.77. The third-order valence-electron chi connectivity index (χ3n) is 6.00. The molecule has 30 heavy (non-hydrogen) atoms. The van der Waals surface area contributed by atoms with E-state index in [1.54, 1.807) is 11.8 Å². The third-order valence-corrected chi connectivity index (χ3v) is 7.43. The molecule has 5 nitrogen and oxygen atoms in total. The first-order valence-electron chi connectivity index (χ1n) is 11.0. The van der Waals surface area contributed by atoms with Gasteiger partial charge in [-0.25, -0.2) is 4.98 Å². The minimum Gasteiger partial charge on any atom is -0.436 e. The van der Waals surface area contributed by atoms with E-state index in [4.69, 9.17) is 21.0 Å². The van der Waals surface area contributed by atoms with Crippen molar-refractivity contribution in [3.63, 3.8) is 0 Å². The molecule has 1 N–H and O–H groups in total. The Kier molecular flexibility index (Phi) is 7.39. The van der Waals surface area contributed by atoms with Crippen molar-refractivity contribution < 1.29 is 14.3 Å². The normalized spacial score (nSPS) is 18.7. The van der Waals surface area contributed by atoms with Crippen molar-refractivity contribution in [2.75, 3.05) is 13.1 Å². The first kappa shape index (κ1) is 21.7. The van der Waals surface area contributed by atoms with Gasteiger partial charge in [-0.1, -0.05) is 54.8 Å². The van der Waals surface area contributed by atoms with E-state index in [1.807, 2.05) is 29.2 Å². The average Bonchev–Trinajstić information content (AvgIpc) is 3.16. The highest BCUT2D eigenvalue weighted by atomic mass is 35.5. The first-order chi connectivity index (χ1) is 14.6. The number of halogens is 1. The van der Waals surface area contributed by atoms with Gasteiger partial charge in [-0.2, -0.15) is 0 Å². The second-order valence-electron chi connectivity index (χ2n) is 8.25.